The van der Waals surface area contributed by atoms with Gasteiger partial charge in [0.05, 0.1) is 0 Å². The molecule has 1 amide bonds. The fourth-order valence-corrected chi connectivity index (χ4v) is 6.89. The molecule has 2 fully saturated rings. The average Bonchev–Trinajstić information content (AvgIpc) is 3.36. The van der Waals surface area contributed by atoms with Crippen LogP contribution in [0.2, 0.25) is 0 Å². The molecule has 2 heteroatoms. The number of hydrogen-bond acceptors (Lipinski definition) is 1. The highest BCUT2D eigenvalue weighted by molar-refractivity contribution is 5.79. The maximum Gasteiger partial charge on any atom is 0.223 e. The molecule has 4 unspecified atom stereocenters. The number of carbonyl (C=O) groups is 1. The Labute approximate surface area is 161 Å². The Morgan fingerprint density at radius 2 is 1.52 bits per heavy atom. The minimum Gasteiger partial charge on any atom is -0.356 e. The van der Waals surface area contributed by atoms with Gasteiger partial charge in [-0.3, -0.25) is 4.79 Å². The molecule has 5 aliphatic carbocycles. The number of amides is 1. The normalized spacial score (nSPS) is 35.0. The lowest BCUT2D eigenvalue weighted by Crippen LogP contribution is -2.41. The van der Waals surface area contributed by atoms with E-state index in [2.05, 4.69) is 53.8 Å². The molecule has 0 saturated heterocycles. The fraction of sp³-hybridized carbons (Fsp3) is 0.480. The molecule has 138 valence electrons. The Bertz CT molecular complexity index is 855. The van der Waals surface area contributed by atoms with Crippen molar-refractivity contribution in [1.82, 2.24) is 5.32 Å². The molecular formula is C25H27NO. The topological polar surface area (TPSA) is 29.1 Å². The first-order valence-electron chi connectivity index (χ1n) is 10.7. The van der Waals surface area contributed by atoms with Crippen molar-refractivity contribution < 1.29 is 4.79 Å². The zero-order valence-electron chi connectivity index (χ0n) is 15.7. The van der Waals surface area contributed by atoms with Gasteiger partial charge < -0.3 is 5.32 Å². The lowest BCUT2D eigenvalue weighted by atomic mass is 9.59. The average molecular weight is 357 g/mol. The van der Waals surface area contributed by atoms with Gasteiger partial charge in [-0.25, -0.2) is 0 Å². The molecule has 0 aromatic heterocycles. The summed E-state index contributed by atoms with van der Waals surface area (Å²) in [5.41, 5.74) is 6.01. The molecule has 2 nitrogen and oxygen atoms in total. The van der Waals surface area contributed by atoms with Crippen molar-refractivity contribution in [2.75, 3.05) is 6.54 Å². The van der Waals surface area contributed by atoms with Gasteiger partial charge in [0.2, 0.25) is 5.91 Å². The van der Waals surface area contributed by atoms with Crippen LogP contribution in [-0.2, 0) is 4.79 Å². The summed E-state index contributed by atoms with van der Waals surface area (Å²) in [6, 6.07) is 17.9. The van der Waals surface area contributed by atoms with Gasteiger partial charge in [-0.15, -0.1) is 0 Å². The minimum atomic E-state index is 0.295. The molecule has 1 N–H and O–H groups in total. The fourth-order valence-electron chi connectivity index (χ4n) is 6.89. The first kappa shape index (κ1) is 15.9. The monoisotopic (exact) mass is 357 g/mol. The number of nitrogens with one attached hydrogen (secondary N) is 1. The lowest BCUT2D eigenvalue weighted by Gasteiger charge is -2.45. The summed E-state index contributed by atoms with van der Waals surface area (Å²) in [5, 5.41) is 3.39. The summed E-state index contributed by atoms with van der Waals surface area (Å²) in [6.45, 7) is 0.830. The number of hydrogen-bond donors (Lipinski definition) is 1. The molecule has 27 heavy (non-hydrogen) atoms. The van der Waals surface area contributed by atoms with E-state index in [4.69, 9.17) is 0 Å². The van der Waals surface area contributed by atoms with E-state index in [1.807, 2.05) is 0 Å². The van der Waals surface area contributed by atoms with Crippen LogP contribution in [-0.4, -0.2) is 12.5 Å². The van der Waals surface area contributed by atoms with E-state index < -0.39 is 0 Å². The quantitative estimate of drug-likeness (QED) is 0.837. The van der Waals surface area contributed by atoms with Crippen LogP contribution in [0, 0.1) is 23.7 Å². The van der Waals surface area contributed by atoms with Crippen molar-refractivity contribution in [2.24, 2.45) is 23.7 Å². The third-order valence-corrected chi connectivity index (χ3v) is 8.04. The van der Waals surface area contributed by atoms with Crippen molar-refractivity contribution in [3.8, 4) is 0 Å². The summed E-state index contributed by atoms with van der Waals surface area (Å²) in [4.78, 5) is 12.9. The summed E-state index contributed by atoms with van der Waals surface area (Å²) in [7, 11) is 0. The second kappa shape index (κ2) is 5.95. The van der Waals surface area contributed by atoms with Gasteiger partial charge in [-0.05, 0) is 65.7 Å². The van der Waals surface area contributed by atoms with Gasteiger partial charge in [0.15, 0.2) is 0 Å². The molecule has 2 saturated carbocycles. The van der Waals surface area contributed by atoms with E-state index in [9.17, 15) is 4.79 Å². The van der Waals surface area contributed by atoms with Crippen LogP contribution in [0.5, 0.6) is 0 Å². The molecule has 2 aromatic carbocycles. The maximum absolute atomic E-state index is 12.9. The summed E-state index contributed by atoms with van der Waals surface area (Å²) < 4.78 is 0. The van der Waals surface area contributed by atoms with Crippen LogP contribution in [0.1, 0.15) is 66.2 Å². The van der Waals surface area contributed by atoms with Gasteiger partial charge in [0.1, 0.15) is 0 Å². The molecule has 4 bridgehead atoms. The van der Waals surface area contributed by atoms with Gasteiger partial charge >= 0.3 is 0 Å². The van der Waals surface area contributed by atoms with Crippen LogP contribution in [0.4, 0.5) is 0 Å². The molecule has 5 aliphatic rings. The van der Waals surface area contributed by atoms with Crippen molar-refractivity contribution >= 4 is 5.91 Å². The third kappa shape index (κ3) is 2.35. The summed E-state index contributed by atoms with van der Waals surface area (Å²) in [5.74, 6) is 3.57. The zero-order chi connectivity index (χ0) is 18.0. The van der Waals surface area contributed by atoms with Crippen molar-refractivity contribution in [3.05, 3.63) is 70.8 Å². The van der Waals surface area contributed by atoms with E-state index in [1.54, 1.807) is 0 Å². The maximum atomic E-state index is 12.9. The second-order valence-corrected chi connectivity index (χ2v) is 9.31. The van der Waals surface area contributed by atoms with Crippen LogP contribution in [0.15, 0.2) is 48.5 Å². The van der Waals surface area contributed by atoms with E-state index in [-0.39, 0.29) is 0 Å². The molecule has 0 spiro atoms. The Hall–Kier alpha value is -2.09. The smallest absolute Gasteiger partial charge is 0.223 e. The molecule has 7 rings (SSSR count). The standard InChI is InChI=1S/C25H27NO/c27-25(22-12-15-9-10-16(22)11-15)26-14-17-13-23-18-5-1-3-7-20(18)24(17)21-8-4-2-6-19(21)23/h1-8,15-17,22-24H,9-14H2,(H,26,27). The molecule has 0 heterocycles. The molecule has 4 atom stereocenters. The minimum absolute atomic E-state index is 0.295. The van der Waals surface area contributed by atoms with E-state index >= 15 is 0 Å². The van der Waals surface area contributed by atoms with Crippen molar-refractivity contribution in [1.29, 1.82) is 0 Å². The Morgan fingerprint density at radius 1 is 0.852 bits per heavy atom. The molecule has 0 aliphatic heterocycles. The Morgan fingerprint density at radius 3 is 2.11 bits per heavy atom. The van der Waals surface area contributed by atoms with E-state index in [0.717, 1.165) is 25.3 Å². The van der Waals surface area contributed by atoms with Gasteiger partial charge in [0, 0.05) is 24.3 Å². The van der Waals surface area contributed by atoms with Crippen LogP contribution < -0.4 is 5.32 Å². The number of rotatable bonds is 3. The predicted octanol–water partition coefficient (Wildman–Crippen LogP) is 4.84. The molecular weight excluding hydrogens is 330 g/mol. The largest absolute Gasteiger partial charge is 0.356 e. The predicted molar refractivity (Wildman–Crippen MR) is 107 cm³/mol. The zero-order valence-corrected chi connectivity index (χ0v) is 15.7. The highest BCUT2D eigenvalue weighted by Crippen LogP contribution is 2.55. The van der Waals surface area contributed by atoms with E-state index in [1.165, 1.54) is 41.5 Å². The highest BCUT2D eigenvalue weighted by atomic mass is 16.1. The number of benzene rings is 2. The molecule has 2 aromatic rings. The van der Waals surface area contributed by atoms with Crippen molar-refractivity contribution in [3.63, 3.8) is 0 Å². The van der Waals surface area contributed by atoms with Gasteiger partial charge in [-0.1, -0.05) is 55.0 Å². The SMILES string of the molecule is O=C(NCC1CC2c3ccccc3C1c1ccccc12)C1CC2CCC1C2. The summed E-state index contributed by atoms with van der Waals surface area (Å²) in [6.07, 6.45) is 6.23. The number of fused-ring (bicyclic) bond motifs is 3. The summed E-state index contributed by atoms with van der Waals surface area (Å²) >= 11 is 0. The lowest BCUT2D eigenvalue weighted by molar-refractivity contribution is -0.126. The van der Waals surface area contributed by atoms with Crippen LogP contribution in [0.3, 0.4) is 0 Å². The Kier molecular flexibility index (Phi) is 3.51. The third-order valence-electron chi connectivity index (χ3n) is 8.04. The van der Waals surface area contributed by atoms with Crippen LogP contribution >= 0.6 is 0 Å². The highest BCUT2D eigenvalue weighted by Gasteiger charge is 2.45. The first-order chi connectivity index (χ1) is 13.3. The van der Waals surface area contributed by atoms with Gasteiger partial charge in [0.25, 0.3) is 0 Å². The first-order valence-corrected chi connectivity index (χ1v) is 10.7. The number of carbonyl (C=O) groups excluding carboxylic acids is 1. The van der Waals surface area contributed by atoms with Crippen LogP contribution in [0.25, 0.3) is 0 Å². The second-order valence-electron chi connectivity index (χ2n) is 9.31. The van der Waals surface area contributed by atoms with Crippen molar-refractivity contribution in [2.45, 2.75) is 43.9 Å². The Balaban J connectivity index is 1.25. The van der Waals surface area contributed by atoms with E-state index in [0.29, 0.717) is 35.5 Å². The molecule has 0 radical (unpaired) electrons. The van der Waals surface area contributed by atoms with Gasteiger partial charge in [-0.2, -0.15) is 0 Å².